The number of aryl methyl sites for hydroxylation is 1. The van der Waals surface area contributed by atoms with Gasteiger partial charge in [-0.15, -0.1) is 0 Å². The molecule has 8 heteroatoms. The van der Waals surface area contributed by atoms with Gasteiger partial charge in [-0.3, -0.25) is 0 Å². The minimum atomic E-state index is -1.32. The van der Waals surface area contributed by atoms with Gasteiger partial charge in [-0.1, -0.05) is 22.8 Å². The standard InChI is InChI=1S/C15H11ClFN3O3/c1-6-2-3-10(9(16)4-6)19-12-7(15(21)22)5-8-13(11(12)17)23-20-14(8)18/h2-5,19H,1H3,(H2,18,20)(H,21,22). The summed E-state index contributed by atoms with van der Waals surface area (Å²) in [4.78, 5) is 11.4. The van der Waals surface area contributed by atoms with E-state index in [4.69, 9.17) is 21.9 Å². The first-order valence-electron chi connectivity index (χ1n) is 6.52. The van der Waals surface area contributed by atoms with Crippen LogP contribution in [-0.2, 0) is 0 Å². The fraction of sp³-hybridized carbons (Fsp3) is 0.0667. The van der Waals surface area contributed by atoms with Gasteiger partial charge in [0.05, 0.1) is 27.3 Å². The van der Waals surface area contributed by atoms with Crippen LogP contribution >= 0.6 is 11.6 Å². The summed E-state index contributed by atoms with van der Waals surface area (Å²) in [6.07, 6.45) is 0. The maximum Gasteiger partial charge on any atom is 0.337 e. The largest absolute Gasteiger partial charge is 0.478 e. The molecule has 0 atom stereocenters. The molecule has 2 aromatic carbocycles. The van der Waals surface area contributed by atoms with Crippen molar-refractivity contribution in [2.75, 3.05) is 11.1 Å². The van der Waals surface area contributed by atoms with Crippen molar-refractivity contribution in [3.05, 3.63) is 46.2 Å². The number of carboxylic acid groups (broad SMARTS) is 1. The number of fused-ring (bicyclic) bond motifs is 1. The first kappa shape index (κ1) is 15.1. The Morgan fingerprint density at radius 1 is 1.43 bits per heavy atom. The molecule has 0 radical (unpaired) electrons. The second kappa shape index (κ2) is 5.44. The molecule has 1 heterocycles. The van der Waals surface area contributed by atoms with Crippen molar-refractivity contribution in [2.24, 2.45) is 0 Å². The second-order valence-corrected chi connectivity index (χ2v) is 5.38. The Balaban J connectivity index is 2.21. The molecule has 3 rings (SSSR count). The molecule has 0 spiro atoms. The summed E-state index contributed by atoms with van der Waals surface area (Å²) in [5, 5.41) is 15.9. The number of nitrogens with one attached hydrogen (secondary N) is 1. The van der Waals surface area contributed by atoms with Crippen LogP contribution in [0.25, 0.3) is 11.0 Å². The molecular weight excluding hydrogens is 325 g/mol. The Bertz CT molecular complexity index is 939. The lowest BCUT2D eigenvalue weighted by molar-refractivity contribution is 0.0697. The van der Waals surface area contributed by atoms with Crippen molar-refractivity contribution in [2.45, 2.75) is 6.92 Å². The quantitative estimate of drug-likeness (QED) is 0.669. The molecule has 0 aliphatic heterocycles. The fourth-order valence-electron chi connectivity index (χ4n) is 2.20. The predicted octanol–water partition coefficient (Wildman–Crippen LogP) is 3.95. The first-order chi connectivity index (χ1) is 10.9. The fourth-order valence-corrected chi connectivity index (χ4v) is 2.48. The Morgan fingerprint density at radius 2 is 2.17 bits per heavy atom. The number of rotatable bonds is 3. The van der Waals surface area contributed by atoms with Crippen LogP contribution in [0.1, 0.15) is 15.9 Å². The van der Waals surface area contributed by atoms with Gasteiger partial charge in [0.15, 0.2) is 11.6 Å². The number of carboxylic acids is 1. The Labute approximate surface area is 134 Å². The maximum absolute atomic E-state index is 14.6. The number of carbonyl (C=O) groups is 1. The number of nitrogens with two attached hydrogens (primary N) is 1. The third-order valence-corrected chi connectivity index (χ3v) is 3.66. The van der Waals surface area contributed by atoms with Crippen LogP contribution < -0.4 is 11.1 Å². The summed E-state index contributed by atoms with van der Waals surface area (Å²) in [6.45, 7) is 1.85. The number of aromatic nitrogens is 1. The van der Waals surface area contributed by atoms with E-state index in [9.17, 15) is 14.3 Å². The van der Waals surface area contributed by atoms with E-state index >= 15 is 0 Å². The van der Waals surface area contributed by atoms with Gasteiger partial charge in [-0.25, -0.2) is 9.18 Å². The Kier molecular flexibility index (Phi) is 3.57. The summed E-state index contributed by atoms with van der Waals surface area (Å²) in [7, 11) is 0. The third-order valence-electron chi connectivity index (χ3n) is 3.35. The van der Waals surface area contributed by atoms with E-state index in [1.165, 1.54) is 6.07 Å². The number of hydrogen-bond acceptors (Lipinski definition) is 5. The lowest BCUT2D eigenvalue weighted by Crippen LogP contribution is -2.06. The van der Waals surface area contributed by atoms with Gasteiger partial charge >= 0.3 is 5.97 Å². The molecule has 3 aromatic rings. The molecule has 0 bridgehead atoms. The SMILES string of the molecule is Cc1ccc(Nc2c(C(=O)O)cc3c(N)noc3c2F)c(Cl)c1. The predicted molar refractivity (Wildman–Crippen MR) is 84.8 cm³/mol. The molecule has 0 aliphatic carbocycles. The summed E-state index contributed by atoms with van der Waals surface area (Å²) in [6, 6.07) is 6.27. The van der Waals surface area contributed by atoms with E-state index in [1.807, 2.05) is 6.92 Å². The number of nitrogens with zero attached hydrogens (tertiary/aromatic N) is 1. The zero-order chi connectivity index (χ0) is 16.7. The molecule has 0 saturated carbocycles. The van der Waals surface area contributed by atoms with Gasteiger partial charge in [0.2, 0.25) is 5.58 Å². The van der Waals surface area contributed by atoms with Gasteiger partial charge in [-0.2, -0.15) is 0 Å². The minimum absolute atomic E-state index is 0.0821. The molecule has 0 unspecified atom stereocenters. The maximum atomic E-state index is 14.6. The van der Waals surface area contributed by atoms with Gasteiger partial charge in [0.25, 0.3) is 0 Å². The number of anilines is 3. The second-order valence-electron chi connectivity index (χ2n) is 4.97. The molecule has 23 heavy (non-hydrogen) atoms. The third kappa shape index (κ3) is 2.55. The number of benzene rings is 2. The highest BCUT2D eigenvalue weighted by Crippen LogP contribution is 2.35. The van der Waals surface area contributed by atoms with Crippen molar-refractivity contribution in [3.63, 3.8) is 0 Å². The molecule has 118 valence electrons. The van der Waals surface area contributed by atoms with E-state index in [-0.39, 0.29) is 28.0 Å². The lowest BCUT2D eigenvalue weighted by atomic mass is 10.1. The average Bonchev–Trinajstić information content (AvgIpc) is 2.85. The van der Waals surface area contributed by atoms with Crippen LogP contribution in [-0.4, -0.2) is 16.2 Å². The topological polar surface area (TPSA) is 101 Å². The van der Waals surface area contributed by atoms with Crippen LogP contribution in [0.5, 0.6) is 0 Å². The number of aromatic carboxylic acids is 1. The van der Waals surface area contributed by atoms with Gasteiger partial charge in [0, 0.05) is 0 Å². The van der Waals surface area contributed by atoms with Crippen LogP contribution in [0, 0.1) is 12.7 Å². The molecule has 0 saturated heterocycles. The average molecular weight is 336 g/mol. The monoisotopic (exact) mass is 335 g/mol. The van der Waals surface area contributed by atoms with Crippen molar-refractivity contribution in [3.8, 4) is 0 Å². The van der Waals surface area contributed by atoms with Crippen LogP contribution in [0.2, 0.25) is 5.02 Å². The lowest BCUT2D eigenvalue weighted by Gasteiger charge is -2.12. The number of hydrogen-bond donors (Lipinski definition) is 3. The Morgan fingerprint density at radius 3 is 2.83 bits per heavy atom. The first-order valence-corrected chi connectivity index (χ1v) is 6.90. The molecule has 4 N–H and O–H groups in total. The van der Waals surface area contributed by atoms with E-state index in [0.29, 0.717) is 10.7 Å². The highest BCUT2D eigenvalue weighted by molar-refractivity contribution is 6.33. The van der Waals surface area contributed by atoms with E-state index in [1.54, 1.807) is 18.2 Å². The van der Waals surface area contributed by atoms with Gasteiger partial charge in [0.1, 0.15) is 0 Å². The summed E-state index contributed by atoms with van der Waals surface area (Å²) in [5.74, 6) is -2.31. The number of halogens is 2. The Hall–Kier alpha value is -2.80. The molecule has 1 aromatic heterocycles. The summed E-state index contributed by atoms with van der Waals surface area (Å²) in [5.41, 5.74) is 6.03. The highest BCUT2D eigenvalue weighted by Gasteiger charge is 2.23. The molecule has 0 amide bonds. The van der Waals surface area contributed by atoms with Crippen LogP contribution in [0.15, 0.2) is 28.8 Å². The van der Waals surface area contributed by atoms with Crippen LogP contribution in [0.4, 0.5) is 21.6 Å². The van der Waals surface area contributed by atoms with Gasteiger partial charge < -0.3 is 20.7 Å². The van der Waals surface area contributed by atoms with E-state index in [2.05, 4.69) is 10.5 Å². The van der Waals surface area contributed by atoms with Crippen molar-refractivity contribution in [1.29, 1.82) is 0 Å². The van der Waals surface area contributed by atoms with E-state index in [0.717, 1.165) is 5.56 Å². The zero-order valence-corrected chi connectivity index (χ0v) is 12.6. The minimum Gasteiger partial charge on any atom is -0.478 e. The zero-order valence-electron chi connectivity index (χ0n) is 11.9. The van der Waals surface area contributed by atoms with Crippen LogP contribution in [0.3, 0.4) is 0 Å². The smallest absolute Gasteiger partial charge is 0.337 e. The van der Waals surface area contributed by atoms with Crippen molar-refractivity contribution >= 4 is 45.7 Å². The molecule has 0 aliphatic rings. The highest BCUT2D eigenvalue weighted by atomic mass is 35.5. The summed E-state index contributed by atoms with van der Waals surface area (Å²) >= 11 is 6.10. The van der Waals surface area contributed by atoms with Crippen molar-refractivity contribution in [1.82, 2.24) is 5.16 Å². The van der Waals surface area contributed by atoms with E-state index < -0.39 is 11.8 Å². The van der Waals surface area contributed by atoms with Crippen molar-refractivity contribution < 1.29 is 18.8 Å². The molecular formula is C15H11ClFN3O3. The normalized spacial score (nSPS) is 10.9. The molecule has 6 nitrogen and oxygen atoms in total. The summed E-state index contributed by atoms with van der Waals surface area (Å²) < 4.78 is 19.5. The van der Waals surface area contributed by atoms with Gasteiger partial charge in [-0.05, 0) is 30.7 Å². The number of nitrogen functional groups attached to an aromatic ring is 1. The molecule has 0 fully saturated rings.